The number of para-hydroxylation sites is 1. The molecule has 0 aliphatic heterocycles. The highest BCUT2D eigenvalue weighted by Crippen LogP contribution is 2.20. The predicted octanol–water partition coefficient (Wildman–Crippen LogP) is 1.93. The summed E-state index contributed by atoms with van der Waals surface area (Å²) in [7, 11) is 0. The Morgan fingerprint density at radius 1 is 1.31 bits per heavy atom. The van der Waals surface area contributed by atoms with Gasteiger partial charge in [-0.05, 0) is 12.1 Å². The molecule has 0 aromatic heterocycles. The first-order valence-electron chi connectivity index (χ1n) is 3.76. The minimum atomic E-state index is -0.758. The SMILES string of the molecule is O=CCCOc1c(F)cccc1F. The van der Waals surface area contributed by atoms with E-state index in [-0.39, 0.29) is 13.0 Å². The van der Waals surface area contributed by atoms with Crippen molar-refractivity contribution in [3.63, 3.8) is 0 Å². The number of rotatable bonds is 4. The molecule has 0 heterocycles. The van der Waals surface area contributed by atoms with Gasteiger partial charge in [0.1, 0.15) is 6.29 Å². The van der Waals surface area contributed by atoms with Crippen molar-refractivity contribution < 1.29 is 18.3 Å². The summed E-state index contributed by atoms with van der Waals surface area (Å²) in [6, 6.07) is 3.44. The lowest BCUT2D eigenvalue weighted by atomic mass is 10.3. The number of ether oxygens (including phenoxy) is 1. The Morgan fingerprint density at radius 2 is 1.92 bits per heavy atom. The van der Waals surface area contributed by atoms with Crippen LogP contribution in [0.2, 0.25) is 0 Å². The molecule has 0 aliphatic carbocycles. The van der Waals surface area contributed by atoms with Gasteiger partial charge in [-0.15, -0.1) is 0 Å². The van der Waals surface area contributed by atoms with E-state index >= 15 is 0 Å². The van der Waals surface area contributed by atoms with Crippen LogP contribution in [-0.2, 0) is 4.79 Å². The predicted molar refractivity (Wildman–Crippen MR) is 42.5 cm³/mol. The molecule has 0 amide bonds. The molecule has 1 aromatic carbocycles. The zero-order valence-electron chi connectivity index (χ0n) is 6.80. The van der Waals surface area contributed by atoms with Gasteiger partial charge in [0.25, 0.3) is 0 Å². The van der Waals surface area contributed by atoms with Gasteiger partial charge in [-0.3, -0.25) is 0 Å². The van der Waals surface area contributed by atoms with Crippen LogP contribution in [0.1, 0.15) is 6.42 Å². The average Bonchev–Trinajstić information content (AvgIpc) is 2.10. The molecule has 2 nitrogen and oxygen atoms in total. The van der Waals surface area contributed by atoms with Crippen LogP contribution in [0.5, 0.6) is 5.75 Å². The van der Waals surface area contributed by atoms with E-state index in [1.165, 1.54) is 6.07 Å². The third-order valence-electron chi connectivity index (χ3n) is 1.40. The molecular formula is C9H8F2O2. The fourth-order valence-corrected chi connectivity index (χ4v) is 0.830. The first-order valence-corrected chi connectivity index (χ1v) is 3.76. The lowest BCUT2D eigenvalue weighted by Crippen LogP contribution is -2.01. The zero-order valence-corrected chi connectivity index (χ0v) is 6.80. The maximum absolute atomic E-state index is 12.8. The molecule has 1 rings (SSSR count). The number of aldehydes is 1. The third-order valence-corrected chi connectivity index (χ3v) is 1.40. The van der Waals surface area contributed by atoms with Crippen molar-refractivity contribution in [1.29, 1.82) is 0 Å². The second kappa shape index (κ2) is 4.54. The summed E-state index contributed by atoms with van der Waals surface area (Å²) in [5, 5.41) is 0. The average molecular weight is 186 g/mol. The molecule has 0 unspecified atom stereocenters. The van der Waals surface area contributed by atoms with Crippen LogP contribution >= 0.6 is 0 Å². The Bertz CT molecular complexity index is 279. The minimum absolute atomic E-state index is 0.0125. The number of hydrogen-bond acceptors (Lipinski definition) is 2. The standard InChI is InChI=1S/C9H8F2O2/c10-7-3-1-4-8(11)9(7)13-6-2-5-12/h1,3-5H,2,6H2. The molecule has 1 aromatic rings. The van der Waals surface area contributed by atoms with E-state index < -0.39 is 17.4 Å². The van der Waals surface area contributed by atoms with Gasteiger partial charge >= 0.3 is 0 Å². The van der Waals surface area contributed by atoms with E-state index in [1.54, 1.807) is 0 Å². The molecule has 0 saturated carbocycles. The highest BCUT2D eigenvalue weighted by atomic mass is 19.1. The second-order valence-electron chi connectivity index (χ2n) is 2.35. The Kier molecular flexibility index (Phi) is 3.37. The first-order chi connectivity index (χ1) is 6.25. The summed E-state index contributed by atoms with van der Waals surface area (Å²) < 4.78 is 30.4. The molecule has 0 bridgehead atoms. The number of hydrogen-bond donors (Lipinski definition) is 0. The Labute approximate surface area is 74.1 Å². The highest BCUT2D eigenvalue weighted by molar-refractivity contribution is 5.49. The van der Waals surface area contributed by atoms with Crippen LogP contribution < -0.4 is 4.74 Å². The largest absolute Gasteiger partial charge is 0.487 e. The Balaban J connectivity index is 2.69. The molecule has 0 radical (unpaired) electrons. The summed E-state index contributed by atoms with van der Waals surface area (Å²) in [4.78, 5) is 9.90. The quantitative estimate of drug-likeness (QED) is 0.530. The van der Waals surface area contributed by atoms with E-state index in [0.717, 1.165) is 12.1 Å². The van der Waals surface area contributed by atoms with Crippen molar-refractivity contribution in [2.45, 2.75) is 6.42 Å². The normalized spacial score (nSPS) is 9.69. The van der Waals surface area contributed by atoms with Crippen LogP contribution in [0.4, 0.5) is 8.78 Å². The van der Waals surface area contributed by atoms with E-state index in [1.807, 2.05) is 0 Å². The monoisotopic (exact) mass is 186 g/mol. The van der Waals surface area contributed by atoms with Gasteiger partial charge in [0.15, 0.2) is 17.4 Å². The molecule has 70 valence electrons. The summed E-state index contributed by atoms with van der Waals surface area (Å²) in [6.07, 6.45) is 0.743. The minimum Gasteiger partial charge on any atom is -0.487 e. The van der Waals surface area contributed by atoms with Gasteiger partial charge in [0.2, 0.25) is 0 Å². The molecule has 0 N–H and O–H groups in total. The fourth-order valence-electron chi connectivity index (χ4n) is 0.830. The van der Waals surface area contributed by atoms with E-state index in [2.05, 4.69) is 0 Å². The zero-order chi connectivity index (χ0) is 9.68. The van der Waals surface area contributed by atoms with Gasteiger partial charge < -0.3 is 9.53 Å². The van der Waals surface area contributed by atoms with E-state index in [0.29, 0.717) is 6.29 Å². The molecule has 0 fully saturated rings. The summed E-state index contributed by atoms with van der Waals surface area (Å²) in [5.74, 6) is -1.94. The van der Waals surface area contributed by atoms with Gasteiger partial charge in [-0.25, -0.2) is 8.78 Å². The Morgan fingerprint density at radius 3 is 2.46 bits per heavy atom. The van der Waals surface area contributed by atoms with Crippen LogP contribution in [0.15, 0.2) is 18.2 Å². The molecule has 0 spiro atoms. The smallest absolute Gasteiger partial charge is 0.190 e. The number of halogens is 2. The van der Waals surface area contributed by atoms with Gasteiger partial charge in [0.05, 0.1) is 6.61 Å². The second-order valence-corrected chi connectivity index (χ2v) is 2.35. The van der Waals surface area contributed by atoms with Crippen LogP contribution in [-0.4, -0.2) is 12.9 Å². The van der Waals surface area contributed by atoms with E-state index in [4.69, 9.17) is 4.74 Å². The first kappa shape index (κ1) is 9.64. The number of carbonyl (C=O) groups is 1. The third kappa shape index (κ3) is 2.50. The summed E-state index contributed by atoms with van der Waals surface area (Å²) in [5.41, 5.74) is 0. The van der Waals surface area contributed by atoms with Gasteiger partial charge in [-0.1, -0.05) is 6.07 Å². The van der Waals surface area contributed by atoms with Crippen LogP contribution in [0.3, 0.4) is 0 Å². The molecule has 0 saturated heterocycles. The lowest BCUT2D eigenvalue weighted by molar-refractivity contribution is -0.108. The van der Waals surface area contributed by atoms with Gasteiger partial charge in [0, 0.05) is 6.42 Å². The maximum atomic E-state index is 12.8. The van der Waals surface area contributed by atoms with Crippen molar-refractivity contribution in [2.24, 2.45) is 0 Å². The lowest BCUT2D eigenvalue weighted by Gasteiger charge is -2.05. The Hall–Kier alpha value is -1.45. The molecular weight excluding hydrogens is 178 g/mol. The fraction of sp³-hybridized carbons (Fsp3) is 0.222. The van der Waals surface area contributed by atoms with Crippen molar-refractivity contribution in [2.75, 3.05) is 6.61 Å². The number of benzene rings is 1. The van der Waals surface area contributed by atoms with Crippen LogP contribution in [0, 0.1) is 11.6 Å². The summed E-state index contributed by atoms with van der Waals surface area (Å²) in [6.45, 7) is -0.0125. The van der Waals surface area contributed by atoms with Crippen molar-refractivity contribution in [1.82, 2.24) is 0 Å². The molecule has 0 atom stereocenters. The number of carbonyl (C=O) groups excluding carboxylic acids is 1. The van der Waals surface area contributed by atoms with Crippen molar-refractivity contribution in [3.05, 3.63) is 29.8 Å². The highest BCUT2D eigenvalue weighted by Gasteiger charge is 2.08. The van der Waals surface area contributed by atoms with Crippen LogP contribution in [0.25, 0.3) is 0 Å². The molecule has 4 heteroatoms. The van der Waals surface area contributed by atoms with Crippen molar-refractivity contribution in [3.8, 4) is 5.75 Å². The van der Waals surface area contributed by atoms with E-state index in [9.17, 15) is 13.6 Å². The molecule has 13 heavy (non-hydrogen) atoms. The topological polar surface area (TPSA) is 26.3 Å². The maximum Gasteiger partial charge on any atom is 0.190 e. The molecule has 0 aliphatic rings. The van der Waals surface area contributed by atoms with Gasteiger partial charge in [-0.2, -0.15) is 0 Å². The summed E-state index contributed by atoms with van der Waals surface area (Å²) >= 11 is 0. The van der Waals surface area contributed by atoms with Crippen molar-refractivity contribution >= 4 is 6.29 Å².